The van der Waals surface area contributed by atoms with Crippen molar-refractivity contribution in [1.29, 1.82) is 0 Å². The van der Waals surface area contributed by atoms with Gasteiger partial charge in [0.2, 0.25) is 0 Å². The fraction of sp³-hybridized carbons (Fsp3) is 0.500. The third-order valence-electron chi connectivity index (χ3n) is 3.22. The molecule has 2 heteroatoms. The number of ether oxygens (including phenoxy) is 1. The Hall–Kier alpha value is -1.46. The van der Waals surface area contributed by atoms with E-state index < -0.39 is 0 Å². The molecule has 0 aliphatic carbocycles. The zero-order valence-corrected chi connectivity index (χ0v) is 11.6. The van der Waals surface area contributed by atoms with Crippen molar-refractivity contribution in [1.82, 2.24) is 5.32 Å². The molecular weight excluding hydrogens is 222 g/mol. The van der Waals surface area contributed by atoms with Gasteiger partial charge in [-0.15, -0.1) is 12.3 Å². The second kappa shape index (κ2) is 7.79. The highest BCUT2D eigenvalue weighted by Crippen LogP contribution is 2.21. The molecule has 18 heavy (non-hydrogen) atoms. The van der Waals surface area contributed by atoms with Crippen LogP contribution in [-0.4, -0.2) is 13.2 Å². The first-order valence-corrected chi connectivity index (χ1v) is 6.58. The van der Waals surface area contributed by atoms with Gasteiger partial charge in [-0.1, -0.05) is 26.0 Å². The van der Waals surface area contributed by atoms with Gasteiger partial charge in [0.05, 0.1) is 7.11 Å². The number of methoxy groups -OCH3 is 1. The molecule has 1 aromatic carbocycles. The fourth-order valence-corrected chi connectivity index (χ4v) is 2.03. The average molecular weight is 245 g/mol. The summed E-state index contributed by atoms with van der Waals surface area (Å²) >= 11 is 0. The molecule has 1 aromatic rings. The summed E-state index contributed by atoms with van der Waals surface area (Å²) in [7, 11) is 1.69. The maximum absolute atomic E-state index is 5.39. The van der Waals surface area contributed by atoms with Crippen LogP contribution in [0.4, 0.5) is 0 Å². The third-order valence-corrected chi connectivity index (χ3v) is 3.22. The van der Waals surface area contributed by atoms with Crippen molar-refractivity contribution in [2.45, 2.75) is 45.2 Å². The van der Waals surface area contributed by atoms with E-state index in [9.17, 15) is 0 Å². The third kappa shape index (κ3) is 4.09. The maximum Gasteiger partial charge on any atom is 0.118 e. The Morgan fingerprint density at radius 1 is 1.22 bits per heavy atom. The van der Waals surface area contributed by atoms with E-state index in [-0.39, 0.29) is 0 Å². The molecule has 1 N–H and O–H groups in total. The Balaban J connectivity index is 2.72. The van der Waals surface area contributed by atoms with Gasteiger partial charge in [0, 0.05) is 18.5 Å². The summed E-state index contributed by atoms with van der Waals surface area (Å²) in [6, 6.07) is 8.98. The molecule has 2 atom stereocenters. The largest absolute Gasteiger partial charge is 0.497 e. The van der Waals surface area contributed by atoms with Gasteiger partial charge < -0.3 is 10.1 Å². The number of hydrogen-bond donors (Lipinski definition) is 1. The molecule has 2 unspecified atom stereocenters. The van der Waals surface area contributed by atoms with Crippen LogP contribution in [0, 0.1) is 12.3 Å². The Morgan fingerprint density at radius 3 is 2.33 bits per heavy atom. The summed E-state index contributed by atoms with van der Waals surface area (Å²) in [4.78, 5) is 0. The summed E-state index contributed by atoms with van der Waals surface area (Å²) in [5.74, 6) is 3.63. The van der Waals surface area contributed by atoms with Crippen molar-refractivity contribution in [3.63, 3.8) is 0 Å². The highest BCUT2D eigenvalue weighted by atomic mass is 16.5. The summed E-state index contributed by atoms with van der Waals surface area (Å²) in [5, 5.41) is 3.62. The van der Waals surface area contributed by atoms with Crippen LogP contribution in [-0.2, 0) is 0 Å². The minimum atomic E-state index is 0.356. The van der Waals surface area contributed by atoms with E-state index in [1.165, 1.54) is 5.56 Å². The average Bonchev–Trinajstić information content (AvgIpc) is 2.43. The molecule has 0 aromatic heterocycles. The molecule has 98 valence electrons. The number of hydrogen-bond acceptors (Lipinski definition) is 2. The van der Waals surface area contributed by atoms with E-state index in [0.29, 0.717) is 12.1 Å². The van der Waals surface area contributed by atoms with E-state index in [1.54, 1.807) is 7.11 Å². The van der Waals surface area contributed by atoms with Gasteiger partial charge in [-0.25, -0.2) is 0 Å². The van der Waals surface area contributed by atoms with Crippen LogP contribution in [0.2, 0.25) is 0 Å². The smallest absolute Gasteiger partial charge is 0.118 e. The van der Waals surface area contributed by atoms with Crippen LogP contribution < -0.4 is 10.1 Å². The standard InChI is InChI=1S/C16H23NO/c1-5-8-14(6-2)17-16(7-3)13-9-11-15(18-4)12-10-13/h1,9-12,14,16-17H,6-8H2,2-4H3. The summed E-state index contributed by atoms with van der Waals surface area (Å²) < 4.78 is 5.18. The molecule has 0 aliphatic rings. The molecule has 0 aliphatic heterocycles. The predicted molar refractivity (Wildman–Crippen MR) is 76.7 cm³/mol. The van der Waals surface area contributed by atoms with E-state index in [2.05, 4.69) is 37.2 Å². The van der Waals surface area contributed by atoms with E-state index in [1.807, 2.05) is 12.1 Å². The lowest BCUT2D eigenvalue weighted by atomic mass is 10.0. The molecule has 0 radical (unpaired) electrons. The number of terminal acetylenes is 1. The molecular formula is C16H23NO. The van der Waals surface area contributed by atoms with Crippen LogP contribution in [0.15, 0.2) is 24.3 Å². The lowest BCUT2D eigenvalue weighted by Gasteiger charge is -2.23. The molecule has 0 saturated carbocycles. The monoisotopic (exact) mass is 245 g/mol. The second-order valence-electron chi connectivity index (χ2n) is 4.41. The minimum absolute atomic E-state index is 0.356. The minimum Gasteiger partial charge on any atom is -0.497 e. The first kappa shape index (κ1) is 14.6. The van der Waals surface area contributed by atoms with Crippen molar-refractivity contribution < 1.29 is 4.74 Å². The first-order chi connectivity index (χ1) is 8.74. The van der Waals surface area contributed by atoms with Crippen LogP contribution in [0.1, 0.15) is 44.7 Å². The second-order valence-corrected chi connectivity index (χ2v) is 4.41. The topological polar surface area (TPSA) is 21.3 Å². The molecule has 0 spiro atoms. The van der Waals surface area contributed by atoms with Crippen LogP contribution in [0.5, 0.6) is 5.75 Å². The first-order valence-electron chi connectivity index (χ1n) is 6.58. The highest BCUT2D eigenvalue weighted by Gasteiger charge is 2.13. The lowest BCUT2D eigenvalue weighted by molar-refractivity contribution is 0.410. The Morgan fingerprint density at radius 2 is 1.89 bits per heavy atom. The van der Waals surface area contributed by atoms with Crippen LogP contribution >= 0.6 is 0 Å². The zero-order chi connectivity index (χ0) is 13.4. The zero-order valence-electron chi connectivity index (χ0n) is 11.6. The van der Waals surface area contributed by atoms with Gasteiger partial charge >= 0.3 is 0 Å². The maximum atomic E-state index is 5.39. The number of nitrogens with one attached hydrogen (secondary N) is 1. The van der Waals surface area contributed by atoms with Crippen molar-refractivity contribution in [3.8, 4) is 18.1 Å². The van der Waals surface area contributed by atoms with Gasteiger partial charge in [-0.05, 0) is 30.5 Å². The van der Waals surface area contributed by atoms with Crippen molar-refractivity contribution in [2.75, 3.05) is 7.11 Å². The summed E-state index contributed by atoms with van der Waals surface area (Å²) in [5.41, 5.74) is 1.29. The van der Waals surface area contributed by atoms with Crippen molar-refractivity contribution in [2.24, 2.45) is 0 Å². The van der Waals surface area contributed by atoms with Crippen molar-refractivity contribution >= 4 is 0 Å². The number of rotatable bonds is 7. The van der Waals surface area contributed by atoms with E-state index in [4.69, 9.17) is 11.2 Å². The molecule has 0 bridgehead atoms. The summed E-state index contributed by atoms with van der Waals surface area (Å²) in [6.07, 6.45) is 8.27. The molecule has 2 nitrogen and oxygen atoms in total. The van der Waals surface area contributed by atoms with E-state index >= 15 is 0 Å². The normalized spacial score (nSPS) is 13.7. The van der Waals surface area contributed by atoms with Gasteiger partial charge in [0.25, 0.3) is 0 Å². The SMILES string of the molecule is C#CCC(CC)NC(CC)c1ccc(OC)cc1. The Labute approximate surface area is 111 Å². The van der Waals surface area contributed by atoms with Crippen LogP contribution in [0.25, 0.3) is 0 Å². The lowest BCUT2D eigenvalue weighted by Crippen LogP contribution is -2.31. The highest BCUT2D eigenvalue weighted by molar-refractivity contribution is 5.29. The summed E-state index contributed by atoms with van der Waals surface area (Å²) in [6.45, 7) is 4.35. The quantitative estimate of drug-likeness (QED) is 0.742. The Kier molecular flexibility index (Phi) is 6.32. The van der Waals surface area contributed by atoms with Gasteiger partial charge in [-0.2, -0.15) is 0 Å². The molecule has 0 amide bonds. The molecule has 0 fully saturated rings. The molecule has 0 heterocycles. The Bertz CT molecular complexity index is 377. The predicted octanol–water partition coefficient (Wildman–Crippen LogP) is 3.54. The fourth-order valence-electron chi connectivity index (χ4n) is 2.03. The van der Waals surface area contributed by atoms with Crippen molar-refractivity contribution in [3.05, 3.63) is 29.8 Å². The van der Waals surface area contributed by atoms with Crippen LogP contribution in [0.3, 0.4) is 0 Å². The molecule has 1 rings (SSSR count). The van der Waals surface area contributed by atoms with Gasteiger partial charge in [0.15, 0.2) is 0 Å². The van der Waals surface area contributed by atoms with E-state index in [0.717, 1.165) is 25.0 Å². The van der Waals surface area contributed by atoms with Gasteiger partial charge in [-0.3, -0.25) is 0 Å². The molecule has 0 saturated heterocycles. The van der Waals surface area contributed by atoms with Gasteiger partial charge in [0.1, 0.15) is 5.75 Å². The number of benzene rings is 1.